The van der Waals surface area contributed by atoms with E-state index in [1.807, 2.05) is 7.05 Å². The molecule has 0 bridgehead atoms. The van der Waals surface area contributed by atoms with Gasteiger partial charge >= 0.3 is 0 Å². The number of sulfonamides is 1. The Labute approximate surface area is 140 Å². The minimum atomic E-state index is -3.58. The van der Waals surface area contributed by atoms with Crippen LogP contribution in [0.2, 0.25) is 0 Å². The zero-order valence-electron chi connectivity index (χ0n) is 12.9. The first-order chi connectivity index (χ1) is 10.4. The fraction of sp³-hybridized carbons (Fsp3) is 0.571. The average molecular weight is 393 g/mol. The fourth-order valence-corrected chi connectivity index (χ4v) is 5.09. The third-order valence-electron chi connectivity index (χ3n) is 3.85. The summed E-state index contributed by atoms with van der Waals surface area (Å²) in [5.74, 6) is 0.881. The van der Waals surface area contributed by atoms with Crippen LogP contribution in [0, 0.1) is 0 Å². The molecule has 124 valence electrons. The van der Waals surface area contributed by atoms with Gasteiger partial charge in [-0.2, -0.15) is 4.31 Å². The van der Waals surface area contributed by atoms with Crippen LogP contribution in [0.1, 0.15) is 12.8 Å². The molecule has 1 aromatic carbocycles. The molecule has 1 fully saturated rings. The molecular weight excluding hydrogens is 372 g/mol. The Morgan fingerprint density at radius 1 is 1.27 bits per heavy atom. The number of piperidine rings is 1. The molecule has 0 spiro atoms. The number of hydrogen-bond acceptors (Lipinski definition) is 5. The number of nitrogens with zero attached hydrogens (tertiary/aromatic N) is 1. The van der Waals surface area contributed by atoms with E-state index in [-0.39, 0.29) is 10.9 Å². The van der Waals surface area contributed by atoms with Gasteiger partial charge in [0, 0.05) is 29.7 Å². The van der Waals surface area contributed by atoms with E-state index in [0.29, 0.717) is 29.1 Å². The van der Waals surface area contributed by atoms with Crippen LogP contribution in [0.3, 0.4) is 0 Å². The second kappa shape index (κ2) is 7.16. The molecule has 1 N–H and O–H groups in total. The zero-order chi connectivity index (χ0) is 16.3. The van der Waals surface area contributed by atoms with Crippen molar-refractivity contribution in [2.75, 3.05) is 34.4 Å². The number of hydrogen-bond donors (Lipinski definition) is 1. The predicted octanol–water partition coefficient (Wildman–Crippen LogP) is 1.84. The quantitative estimate of drug-likeness (QED) is 0.827. The number of likely N-dealkylation sites (N-methyl/N-ethyl adjacent to an activating group) is 1. The summed E-state index contributed by atoms with van der Waals surface area (Å²) in [6.07, 6.45) is 1.82. The predicted molar refractivity (Wildman–Crippen MR) is 88.1 cm³/mol. The summed E-state index contributed by atoms with van der Waals surface area (Å²) in [6, 6.07) is 3.30. The van der Waals surface area contributed by atoms with E-state index in [4.69, 9.17) is 9.47 Å². The topological polar surface area (TPSA) is 67.9 Å². The molecule has 1 saturated heterocycles. The molecule has 0 radical (unpaired) electrons. The van der Waals surface area contributed by atoms with Gasteiger partial charge in [-0.1, -0.05) is 0 Å². The van der Waals surface area contributed by atoms with Crippen molar-refractivity contribution in [3.05, 3.63) is 16.6 Å². The lowest BCUT2D eigenvalue weighted by Crippen LogP contribution is -2.46. The van der Waals surface area contributed by atoms with Crippen LogP contribution in [0.4, 0.5) is 0 Å². The Morgan fingerprint density at radius 3 is 2.50 bits per heavy atom. The van der Waals surface area contributed by atoms with Gasteiger partial charge in [0.1, 0.15) is 4.90 Å². The third-order valence-corrected chi connectivity index (χ3v) is 6.67. The maximum atomic E-state index is 12.9. The van der Waals surface area contributed by atoms with Gasteiger partial charge in [0.2, 0.25) is 10.0 Å². The summed E-state index contributed by atoms with van der Waals surface area (Å²) in [6.45, 7) is 1.00. The van der Waals surface area contributed by atoms with E-state index < -0.39 is 10.0 Å². The van der Waals surface area contributed by atoms with Crippen LogP contribution >= 0.6 is 15.9 Å². The van der Waals surface area contributed by atoms with Crippen LogP contribution < -0.4 is 14.8 Å². The van der Waals surface area contributed by atoms with E-state index in [1.165, 1.54) is 24.6 Å². The molecule has 8 heteroatoms. The van der Waals surface area contributed by atoms with Gasteiger partial charge in [-0.3, -0.25) is 0 Å². The lowest BCUT2D eigenvalue weighted by atomic mass is 10.1. The number of rotatable bonds is 5. The van der Waals surface area contributed by atoms with E-state index in [9.17, 15) is 8.42 Å². The monoisotopic (exact) mass is 392 g/mol. The molecule has 0 aliphatic carbocycles. The highest BCUT2D eigenvalue weighted by molar-refractivity contribution is 9.10. The molecule has 1 heterocycles. The number of methoxy groups -OCH3 is 2. The second-order valence-electron chi connectivity index (χ2n) is 5.13. The Balaban J connectivity index is 2.40. The summed E-state index contributed by atoms with van der Waals surface area (Å²) in [5, 5.41) is 3.15. The summed E-state index contributed by atoms with van der Waals surface area (Å²) >= 11 is 3.33. The molecule has 2 rings (SSSR count). The van der Waals surface area contributed by atoms with E-state index in [2.05, 4.69) is 21.2 Å². The molecule has 1 aliphatic heterocycles. The minimum absolute atomic E-state index is 0.183. The Kier molecular flexibility index (Phi) is 5.70. The van der Waals surface area contributed by atoms with Crippen LogP contribution in [0.25, 0.3) is 0 Å². The summed E-state index contributed by atoms with van der Waals surface area (Å²) < 4.78 is 38.2. The fourth-order valence-electron chi connectivity index (χ4n) is 2.57. The number of benzene rings is 1. The molecule has 0 amide bonds. The van der Waals surface area contributed by atoms with Crippen molar-refractivity contribution >= 4 is 26.0 Å². The van der Waals surface area contributed by atoms with Gasteiger partial charge in [-0.05, 0) is 41.9 Å². The maximum absolute atomic E-state index is 12.9. The first-order valence-electron chi connectivity index (χ1n) is 7.03. The van der Waals surface area contributed by atoms with Crippen molar-refractivity contribution < 1.29 is 17.9 Å². The molecule has 0 saturated carbocycles. The summed E-state index contributed by atoms with van der Waals surface area (Å²) in [4.78, 5) is 0.196. The molecule has 22 heavy (non-hydrogen) atoms. The lowest BCUT2D eigenvalue weighted by Gasteiger charge is -2.32. The van der Waals surface area contributed by atoms with Gasteiger partial charge in [0.15, 0.2) is 11.5 Å². The highest BCUT2D eigenvalue weighted by Crippen LogP contribution is 2.37. The van der Waals surface area contributed by atoms with Gasteiger partial charge in [-0.15, -0.1) is 0 Å². The smallest absolute Gasteiger partial charge is 0.244 e. The Morgan fingerprint density at radius 2 is 1.91 bits per heavy atom. The van der Waals surface area contributed by atoms with Crippen LogP contribution in [0.15, 0.2) is 21.5 Å². The lowest BCUT2D eigenvalue weighted by molar-refractivity contribution is 0.292. The van der Waals surface area contributed by atoms with Crippen LogP contribution in [-0.4, -0.2) is 53.1 Å². The molecule has 6 nitrogen and oxygen atoms in total. The van der Waals surface area contributed by atoms with Gasteiger partial charge < -0.3 is 14.8 Å². The van der Waals surface area contributed by atoms with Crippen molar-refractivity contribution in [2.24, 2.45) is 0 Å². The van der Waals surface area contributed by atoms with Crippen LogP contribution in [0.5, 0.6) is 11.5 Å². The molecule has 1 atom stereocenters. The molecular formula is C14H21BrN2O4S. The zero-order valence-corrected chi connectivity index (χ0v) is 15.3. The normalized spacial score (nSPS) is 19.9. The van der Waals surface area contributed by atoms with Crippen molar-refractivity contribution in [2.45, 2.75) is 23.8 Å². The molecule has 1 aromatic rings. The van der Waals surface area contributed by atoms with Crippen LogP contribution in [-0.2, 0) is 10.0 Å². The van der Waals surface area contributed by atoms with E-state index in [1.54, 1.807) is 6.07 Å². The molecule has 1 aliphatic rings. The van der Waals surface area contributed by atoms with Crippen molar-refractivity contribution in [3.8, 4) is 11.5 Å². The van der Waals surface area contributed by atoms with E-state index >= 15 is 0 Å². The highest BCUT2D eigenvalue weighted by Gasteiger charge is 2.32. The van der Waals surface area contributed by atoms with Gasteiger partial charge in [0.25, 0.3) is 0 Å². The van der Waals surface area contributed by atoms with Gasteiger partial charge in [0.05, 0.1) is 14.2 Å². The number of nitrogens with one attached hydrogen (secondary N) is 1. The average Bonchev–Trinajstić information content (AvgIpc) is 2.54. The summed E-state index contributed by atoms with van der Waals surface area (Å²) in [5.41, 5.74) is 0. The van der Waals surface area contributed by atoms with E-state index in [0.717, 1.165) is 12.8 Å². The SMILES string of the molecule is CN[C@H]1CCCN(S(=O)(=O)c2cc(OC)c(OC)cc2Br)C1. The standard InChI is InChI=1S/C14H21BrN2O4S/c1-16-10-5-4-6-17(9-10)22(18,19)14-8-13(21-3)12(20-2)7-11(14)15/h7-8,10,16H,4-6,9H2,1-3H3/t10-/m0/s1. The highest BCUT2D eigenvalue weighted by atomic mass is 79.9. The molecule has 0 unspecified atom stereocenters. The minimum Gasteiger partial charge on any atom is -0.493 e. The second-order valence-corrected chi connectivity index (χ2v) is 7.89. The summed E-state index contributed by atoms with van der Waals surface area (Å²) in [7, 11) is 1.27. The molecule has 0 aromatic heterocycles. The largest absolute Gasteiger partial charge is 0.493 e. The van der Waals surface area contributed by atoms with Crippen molar-refractivity contribution in [1.82, 2.24) is 9.62 Å². The Bertz CT molecular complexity index is 636. The van der Waals surface area contributed by atoms with Gasteiger partial charge in [-0.25, -0.2) is 8.42 Å². The number of halogens is 1. The maximum Gasteiger partial charge on any atom is 0.244 e. The third kappa shape index (κ3) is 3.40. The first-order valence-corrected chi connectivity index (χ1v) is 9.26. The van der Waals surface area contributed by atoms with Crippen molar-refractivity contribution in [3.63, 3.8) is 0 Å². The first kappa shape index (κ1) is 17.5. The van der Waals surface area contributed by atoms with Crippen molar-refractivity contribution in [1.29, 1.82) is 0 Å². The Hall–Kier alpha value is -0.830. The number of ether oxygens (including phenoxy) is 2.